The summed E-state index contributed by atoms with van der Waals surface area (Å²) in [5.74, 6) is 0.359. The fourth-order valence-electron chi connectivity index (χ4n) is 2.87. The third-order valence-electron chi connectivity index (χ3n) is 3.99. The van der Waals surface area contributed by atoms with Gasteiger partial charge in [-0.05, 0) is 13.8 Å². The highest BCUT2D eigenvalue weighted by atomic mass is 16.2. The third-order valence-corrected chi connectivity index (χ3v) is 3.99. The summed E-state index contributed by atoms with van der Waals surface area (Å²) in [6.07, 6.45) is 3.11. The zero-order valence-corrected chi connectivity index (χ0v) is 9.88. The van der Waals surface area contributed by atoms with Crippen LogP contribution in [-0.2, 0) is 4.79 Å². The Balaban J connectivity index is 2.04. The highest BCUT2D eigenvalue weighted by molar-refractivity contribution is 5.79. The summed E-state index contributed by atoms with van der Waals surface area (Å²) >= 11 is 0. The van der Waals surface area contributed by atoms with E-state index in [-0.39, 0.29) is 0 Å². The number of rotatable bonds is 1. The molecule has 2 heterocycles. The number of nitrogens with zero attached hydrogens (tertiary/aromatic N) is 1. The average molecular weight is 210 g/mol. The molecule has 86 valence electrons. The van der Waals surface area contributed by atoms with Crippen LogP contribution in [-0.4, -0.2) is 36.5 Å². The van der Waals surface area contributed by atoms with Crippen LogP contribution in [0.2, 0.25) is 0 Å². The molecular formula is C12H22N2O. The molecule has 0 saturated carbocycles. The number of piperidine rings is 1. The molecule has 0 aromatic rings. The summed E-state index contributed by atoms with van der Waals surface area (Å²) in [4.78, 5) is 15.3. The number of hydrogen-bond donors (Lipinski definition) is 1. The van der Waals surface area contributed by atoms with Crippen molar-refractivity contribution in [2.75, 3.05) is 19.6 Å². The molecule has 0 aromatic heterocycles. The number of carbonyl (C=O) groups excluding carboxylic acids is 1. The van der Waals surface area contributed by atoms with Crippen molar-refractivity contribution in [1.29, 1.82) is 0 Å². The molecule has 15 heavy (non-hydrogen) atoms. The van der Waals surface area contributed by atoms with Gasteiger partial charge in [0.15, 0.2) is 0 Å². The number of likely N-dealkylation sites (tertiary alicyclic amines) is 2. The average Bonchev–Trinajstić information content (AvgIpc) is 2.50. The third kappa shape index (κ3) is 2.03. The van der Waals surface area contributed by atoms with E-state index in [0.717, 1.165) is 26.1 Å². The number of carbonyl (C=O) groups is 1. The molecule has 0 radical (unpaired) electrons. The van der Waals surface area contributed by atoms with Crippen molar-refractivity contribution in [3.8, 4) is 0 Å². The van der Waals surface area contributed by atoms with Crippen molar-refractivity contribution in [2.24, 2.45) is 5.41 Å². The fraction of sp³-hybridized carbons (Fsp3) is 0.833. The second kappa shape index (κ2) is 3.78. The molecule has 1 N–H and O–H groups in total. The molecule has 3 heteroatoms. The van der Waals surface area contributed by atoms with Gasteiger partial charge in [-0.2, -0.15) is 7.05 Å². The van der Waals surface area contributed by atoms with Crippen LogP contribution in [0.15, 0.2) is 0 Å². The number of nitrogens with one attached hydrogen (secondary N) is 1. The number of amides is 1. The lowest BCUT2D eigenvalue weighted by molar-refractivity contribution is -0.862. The van der Waals surface area contributed by atoms with E-state index in [1.807, 2.05) is 4.90 Å². The number of hydrogen-bond acceptors (Lipinski definition) is 1. The Labute approximate surface area is 92.4 Å². The van der Waals surface area contributed by atoms with Gasteiger partial charge in [-0.15, -0.1) is 0 Å². The van der Waals surface area contributed by atoms with Crippen LogP contribution in [0.1, 0.15) is 33.1 Å². The van der Waals surface area contributed by atoms with Gasteiger partial charge in [0.2, 0.25) is 5.91 Å². The summed E-state index contributed by atoms with van der Waals surface area (Å²) in [6.45, 7) is 7.45. The minimum absolute atomic E-state index is 0.294. The van der Waals surface area contributed by atoms with Crippen LogP contribution in [0, 0.1) is 12.5 Å². The van der Waals surface area contributed by atoms with Gasteiger partial charge in [-0.1, -0.05) is 0 Å². The Morgan fingerprint density at radius 2 is 2.00 bits per heavy atom. The van der Waals surface area contributed by atoms with Crippen LogP contribution in [0.3, 0.4) is 0 Å². The maximum atomic E-state index is 11.9. The van der Waals surface area contributed by atoms with Crippen molar-refractivity contribution < 1.29 is 9.69 Å². The van der Waals surface area contributed by atoms with Crippen molar-refractivity contribution >= 4 is 5.91 Å². The largest absolute Gasteiger partial charge is 0.468 e. The molecule has 2 fully saturated rings. The minimum atomic E-state index is 0.294. The van der Waals surface area contributed by atoms with Gasteiger partial charge >= 0.3 is 0 Å². The Kier molecular flexibility index (Phi) is 2.75. The van der Waals surface area contributed by atoms with Crippen molar-refractivity contribution in [3.05, 3.63) is 7.05 Å². The normalized spacial score (nSPS) is 36.9. The SMILES string of the molecule is [CH2-][NH+]1CCC2(CC1)CC(=O)N(C(C)C)C2. The van der Waals surface area contributed by atoms with E-state index >= 15 is 0 Å². The first-order chi connectivity index (χ1) is 7.02. The van der Waals surface area contributed by atoms with Gasteiger partial charge in [-0.3, -0.25) is 4.79 Å². The van der Waals surface area contributed by atoms with Crippen molar-refractivity contribution in [2.45, 2.75) is 39.2 Å². The zero-order chi connectivity index (χ0) is 11.1. The lowest BCUT2D eigenvalue weighted by Crippen LogP contribution is -3.08. The first kappa shape index (κ1) is 10.9. The summed E-state index contributed by atoms with van der Waals surface area (Å²) in [5.41, 5.74) is 0.294. The predicted octanol–water partition coefficient (Wildman–Crippen LogP) is 0.0838. The summed E-state index contributed by atoms with van der Waals surface area (Å²) in [6, 6.07) is 0.363. The van der Waals surface area contributed by atoms with E-state index in [1.54, 1.807) is 0 Å². The van der Waals surface area contributed by atoms with Crippen molar-refractivity contribution in [1.82, 2.24) is 4.90 Å². The standard InChI is InChI=1S/C12H22N2O/c1-10(2)14-9-12(8-11(14)15)4-6-13(3)7-5-12/h10,13H,3-9H2,1-2H3. The molecule has 0 bridgehead atoms. The van der Waals surface area contributed by atoms with E-state index in [0.29, 0.717) is 17.4 Å². The second-order valence-corrected chi connectivity index (χ2v) is 5.54. The van der Waals surface area contributed by atoms with Gasteiger partial charge in [0.25, 0.3) is 0 Å². The summed E-state index contributed by atoms with van der Waals surface area (Å²) in [5, 5.41) is 0. The Hall–Kier alpha value is -0.570. The quantitative estimate of drug-likeness (QED) is 0.609. The molecule has 3 nitrogen and oxygen atoms in total. The maximum absolute atomic E-state index is 11.9. The van der Waals surface area contributed by atoms with Crippen molar-refractivity contribution in [3.63, 3.8) is 0 Å². The van der Waals surface area contributed by atoms with Gasteiger partial charge in [-0.25, -0.2) is 0 Å². The molecule has 2 rings (SSSR count). The molecule has 1 amide bonds. The highest BCUT2D eigenvalue weighted by Crippen LogP contribution is 2.39. The number of quaternary nitrogens is 1. The van der Waals surface area contributed by atoms with Crippen LogP contribution in [0.5, 0.6) is 0 Å². The first-order valence-electron chi connectivity index (χ1n) is 5.99. The molecule has 1 spiro atoms. The summed E-state index contributed by atoms with van der Waals surface area (Å²) < 4.78 is 0. The summed E-state index contributed by atoms with van der Waals surface area (Å²) in [7, 11) is 4.04. The van der Waals surface area contributed by atoms with Gasteiger partial charge < -0.3 is 9.80 Å². The Morgan fingerprint density at radius 1 is 1.40 bits per heavy atom. The van der Waals surface area contributed by atoms with Gasteiger partial charge in [0.1, 0.15) is 0 Å². The topological polar surface area (TPSA) is 24.8 Å². The zero-order valence-electron chi connectivity index (χ0n) is 9.88. The maximum Gasteiger partial charge on any atom is 0.223 e. The lowest BCUT2D eigenvalue weighted by Gasteiger charge is -2.38. The molecular weight excluding hydrogens is 188 g/mol. The molecule has 0 aromatic carbocycles. The second-order valence-electron chi connectivity index (χ2n) is 5.54. The molecule has 2 aliphatic heterocycles. The Morgan fingerprint density at radius 3 is 2.47 bits per heavy atom. The van der Waals surface area contributed by atoms with E-state index in [9.17, 15) is 4.79 Å². The molecule has 2 aliphatic rings. The van der Waals surface area contributed by atoms with Gasteiger partial charge in [0, 0.05) is 37.3 Å². The molecule has 0 unspecified atom stereocenters. The fourth-order valence-corrected chi connectivity index (χ4v) is 2.87. The monoisotopic (exact) mass is 210 g/mol. The Bertz CT molecular complexity index is 254. The smallest absolute Gasteiger partial charge is 0.223 e. The van der Waals surface area contributed by atoms with E-state index in [1.165, 1.54) is 17.7 Å². The van der Waals surface area contributed by atoms with E-state index in [2.05, 4.69) is 20.9 Å². The van der Waals surface area contributed by atoms with Crippen LogP contribution < -0.4 is 4.90 Å². The lowest BCUT2D eigenvalue weighted by atomic mass is 9.78. The minimum Gasteiger partial charge on any atom is -0.468 e. The molecule has 2 saturated heterocycles. The van der Waals surface area contributed by atoms with Crippen LogP contribution in [0.4, 0.5) is 0 Å². The highest BCUT2D eigenvalue weighted by Gasteiger charge is 2.45. The van der Waals surface area contributed by atoms with E-state index in [4.69, 9.17) is 0 Å². The molecule has 0 aliphatic carbocycles. The predicted molar refractivity (Wildman–Crippen MR) is 59.2 cm³/mol. The first-order valence-corrected chi connectivity index (χ1v) is 5.99. The van der Waals surface area contributed by atoms with Crippen LogP contribution >= 0.6 is 0 Å². The molecule has 0 atom stereocenters. The van der Waals surface area contributed by atoms with Crippen LogP contribution in [0.25, 0.3) is 0 Å². The van der Waals surface area contributed by atoms with E-state index < -0.39 is 0 Å². The van der Waals surface area contributed by atoms with Gasteiger partial charge in [0.05, 0.1) is 13.1 Å².